The van der Waals surface area contributed by atoms with Crippen molar-refractivity contribution in [2.75, 3.05) is 39.3 Å². The topological polar surface area (TPSA) is 133 Å². The third-order valence-corrected chi connectivity index (χ3v) is 7.29. The smallest absolute Gasteiger partial charge is 0.242 e. The number of piperidine rings is 1. The van der Waals surface area contributed by atoms with E-state index in [1.807, 2.05) is 49.9 Å². The molecule has 0 unspecified atom stereocenters. The Hall–Kier alpha value is -3.84. The van der Waals surface area contributed by atoms with Gasteiger partial charge in [0.25, 0.3) is 0 Å². The first-order valence-corrected chi connectivity index (χ1v) is 15.1. The van der Waals surface area contributed by atoms with Gasteiger partial charge in [-0.15, -0.1) is 12.8 Å². The molecule has 3 aliphatic heterocycles. The molecule has 0 spiro atoms. The molecular weight excluding hydrogens is 532 g/mol. The molecule has 10 heteroatoms. The number of benzene rings is 1. The van der Waals surface area contributed by atoms with Crippen molar-refractivity contribution in [3.8, 4) is 12.8 Å². The van der Waals surface area contributed by atoms with Gasteiger partial charge in [-0.2, -0.15) is 0 Å². The number of likely N-dealkylation sites (tertiary alicyclic amines) is 2. The summed E-state index contributed by atoms with van der Waals surface area (Å²) in [4.78, 5) is 43.6. The van der Waals surface area contributed by atoms with Gasteiger partial charge in [0.2, 0.25) is 23.7 Å². The van der Waals surface area contributed by atoms with Crippen LogP contribution in [0.2, 0.25) is 0 Å². The molecule has 1 aromatic heterocycles. The standard InChI is InChI=1S/C16H20N4O2.C12H20N2O2.C2H6.C2H2/c1-10-8-12-9-13(2-3-14(12)22-10)19-16(17)20-15(21)11-4-6-18-7-5-11;15-11-6-2-1-3-9-14(11)10-12(16)13-7-4-5-8-13;2*1-2/h2-3,8-9,11,18H,4-7H2,1H3,(H3,17,19,20,21);1-10H2;1-2H3;1-2H. The molecule has 5 rings (SSSR count). The molecular formula is C32H48N6O4. The average Bonchev–Trinajstić information content (AvgIpc) is 3.63. The minimum Gasteiger partial charge on any atom is -0.461 e. The van der Waals surface area contributed by atoms with E-state index in [0.717, 1.165) is 94.4 Å². The third-order valence-electron chi connectivity index (χ3n) is 7.29. The molecule has 3 aliphatic rings. The van der Waals surface area contributed by atoms with Crippen molar-refractivity contribution < 1.29 is 18.8 Å². The molecule has 3 amide bonds. The summed E-state index contributed by atoms with van der Waals surface area (Å²) in [5, 5.41) is 6.89. The van der Waals surface area contributed by atoms with Crippen molar-refractivity contribution in [2.45, 2.75) is 72.1 Å². The van der Waals surface area contributed by atoms with Crippen LogP contribution in [0, 0.1) is 25.7 Å². The number of nitrogens with one attached hydrogen (secondary N) is 2. The fourth-order valence-corrected chi connectivity index (χ4v) is 5.15. The van der Waals surface area contributed by atoms with Crippen molar-refractivity contribution >= 4 is 40.3 Å². The highest BCUT2D eigenvalue weighted by Gasteiger charge is 2.24. The predicted molar refractivity (Wildman–Crippen MR) is 168 cm³/mol. The van der Waals surface area contributed by atoms with Gasteiger partial charge in [-0.25, -0.2) is 4.99 Å². The lowest BCUT2D eigenvalue weighted by Crippen LogP contribution is -2.43. The Morgan fingerprint density at radius 2 is 1.71 bits per heavy atom. The number of nitrogens with two attached hydrogens (primary N) is 1. The maximum absolute atomic E-state index is 12.1. The summed E-state index contributed by atoms with van der Waals surface area (Å²) in [7, 11) is 0. The molecule has 230 valence electrons. The van der Waals surface area contributed by atoms with E-state index >= 15 is 0 Å². The summed E-state index contributed by atoms with van der Waals surface area (Å²) in [6, 6.07) is 7.49. The number of guanidine groups is 1. The van der Waals surface area contributed by atoms with Gasteiger partial charge in [0.1, 0.15) is 11.3 Å². The molecule has 4 N–H and O–H groups in total. The zero-order valence-electron chi connectivity index (χ0n) is 25.5. The van der Waals surface area contributed by atoms with Gasteiger partial charge in [-0.1, -0.05) is 20.3 Å². The summed E-state index contributed by atoms with van der Waals surface area (Å²) in [6.07, 6.45) is 15.6. The number of amides is 3. The van der Waals surface area contributed by atoms with E-state index < -0.39 is 0 Å². The van der Waals surface area contributed by atoms with Crippen molar-refractivity contribution in [3.63, 3.8) is 0 Å². The summed E-state index contributed by atoms with van der Waals surface area (Å²) in [5.74, 6) is 1.22. The number of carbonyl (C=O) groups excluding carboxylic acids is 3. The van der Waals surface area contributed by atoms with Gasteiger partial charge >= 0.3 is 0 Å². The summed E-state index contributed by atoms with van der Waals surface area (Å²) in [5.41, 5.74) is 7.35. The highest BCUT2D eigenvalue weighted by Crippen LogP contribution is 2.24. The van der Waals surface area contributed by atoms with Crippen LogP contribution in [-0.2, 0) is 14.4 Å². The van der Waals surface area contributed by atoms with Crippen LogP contribution in [-0.4, -0.2) is 72.7 Å². The number of nitrogens with zero attached hydrogens (tertiary/aromatic N) is 3. The van der Waals surface area contributed by atoms with Gasteiger partial charge in [-0.05, 0) is 82.8 Å². The van der Waals surface area contributed by atoms with E-state index in [1.54, 1.807) is 4.90 Å². The third kappa shape index (κ3) is 10.9. The molecule has 3 saturated heterocycles. The summed E-state index contributed by atoms with van der Waals surface area (Å²) in [6.45, 7) is 10.5. The molecule has 1 aromatic carbocycles. The van der Waals surface area contributed by atoms with E-state index in [4.69, 9.17) is 10.2 Å². The van der Waals surface area contributed by atoms with E-state index in [0.29, 0.717) is 18.7 Å². The fourth-order valence-electron chi connectivity index (χ4n) is 5.15. The zero-order valence-corrected chi connectivity index (χ0v) is 25.5. The predicted octanol–water partition coefficient (Wildman–Crippen LogP) is 4.09. The Balaban J connectivity index is 0.000000273. The van der Waals surface area contributed by atoms with Crippen LogP contribution >= 0.6 is 0 Å². The minimum absolute atomic E-state index is 0.00834. The molecule has 0 radical (unpaired) electrons. The second-order valence-electron chi connectivity index (χ2n) is 10.3. The molecule has 0 bridgehead atoms. The van der Waals surface area contributed by atoms with Crippen molar-refractivity contribution in [1.29, 1.82) is 0 Å². The van der Waals surface area contributed by atoms with Crippen LogP contribution < -0.4 is 16.4 Å². The monoisotopic (exact) mass is 580 g/mol. The Kier molecular flexibility index (Phi) is 15.2. The Morgan fingerprint density at radius 3 is 2.40 bits per heavy atom. The maximum atomic E-state index is 12.1. The molecule has 4 heterocycles. The van der Waals surface area contributed by atoms with Crippen LogP contribution in [0.25, 0.3) is 11.0 Å². The van der Waals surface area contributed by atoms with Gasteiger partial charge in [0.05, 0.1) is 12.2 Å². The highest BCUT2D eigenvalue weighted by atomic mass is 16.3. The maximum Gasteiger partial charge on any atom is 0.242 e. The second-order valence-corrected chi connectivity index (χ2v) is 10.3. The first kappa shape index (κ1) is 34.4. The molecule has 0 saturated carbocycles. The minimum atomic E-state index is -0.0528. The SMILES string of the molecule is C#C.CC.Cc1cc2cc(N=C(N)NC(=O)C3CCNCC3)ccc2o1.O=C(CN1CCCCCC1=O)N1CCCC1. The lowest BCUT2D eigenvalue weighted by atomic mass is 9.97. The highest BCUT2D eigenvalue weighted by molar-refractivity contribution is 5.98. The number of fused-ring (bicyclic) bond motifs is 1. The lowest BCUT2D eigenvalue weighted by Gasteiger charge is -2.23. The van der Waals surface area contributed by atoms with Crippen molar-refractivity contribution in [3.05, 3.63) is 30.0 Å². The number of carbonyl (C=O) groups is 3. The van der Waals surface area contributed by atoms with E-state index in [1.165, 1.54) is 0 Å². The Labute approximate surface area is 250 Å². The van der Waals surface area contributed by atoms with Gasteiger partial charge < -0.3 is 25.3 Å². The first-order valence-electron chi connectivity index (χ1n) is 15.1. The number of rotatable bonds is 4. The average molecular weight is 581 g/mol. The van der Waals surface area contributed by atoms with Crippen LogP contribution in [0.3, 0.4) is 0 Å². The summed E-state index contributed by atoms with van der Waals surface area (Å²) >= 11 is 0. The molecule has 10 nitrogen and oxygen atoms in total. The number of terminal acetylenes is 1. The number of aryl methyl sites for hydroxylation is 1. The molecule has 0 aliphatic carbocycles. The van der Waals surface area contributed by atoms with Crippen LogP contribution in [0.5, 0.6) is 0 Å². The van der Waals surface area contributed by atoms with Crippen LogP contribution in [0.1, 0.15) is 71.0 Å². The number of furan rings is 1. The van der Waals surface area contributed by atoms with Crippen LogP contribution in [0.4, 0.5) is 5.69 Å². The van der Waals surface area contributed by atoms with Gasteiger partial charge in [0.15, 0.2) is 0 Å². The Bertz CT molecular complexity index is 1190. The second kappa shape index (κ2) is 18.6. The van der Waals surface area contributed by atoms with Crippen molar-refractivity contribution in [1.82, 2.24) is 20.4 Å². The Morgan fingerprint density at radius 1 is 1.05 bits per heavy atom. The number of hydrogen-bond acceptors (Lipinski definition) is 6. The zero-order chi connectivity index (χ0) is 30.9. The molecule has 2 aromatic rings. The molecule has 0 atom stereocenters. The van der Waals surface area contributed by atoms with E-state index in [2.05, 4.69) is 28.5 Å². The lowest BCUT2D eigenvalue weighted by molar-refractivity contribution is -0.139. The number of aliphatic imine (C=N–C) groups is 1. The first-order chi connectivity index (χ1) is 20.4. The molecule has 42 heavy (non-hydrogen) atoms. The summed E-state index contributed by atoms with van der Waals surface area (Å²) < 4.78 is 5.52. The van der Waals surface area contributed by atoms with Gasteiger partial charge in [0, 0.05) is 37.4 Å². The molecule has 3 fully saturated rings. The quantitative estimate of drug-likeness (QED) is 0.283. The number of hydrogen-bond donors (Lipinski definition) is 3. The van der Waals surface area contributed by atoms with Crippen molar-refractivity contribution in [2.24, 2.45) is 16.6 Å². The van der Waals surface area contributed by atoms with E-state index in [-0.39, 0.29) is 29.6 Å². The largest absolute Gasteiger partial charge is 0.461 e. The fraction of sp³-hybridized carbons (Fsp3) is 0.562. The van der Waals surface area contributed by atoms with Crippen LogP contribution in [0.15, 0.2) is 33.7 Å². The van der Waals surface area contributed by atoms with Gasteiger partial charge in [-0.3, -0.25) is 19.7 Å². The van der Waals surface area contributed by atoms with E-state index in [9.17, 15) is 14.4 Å². The normalized spacial score (nSPS) is 17.5.